The molecule has 1 aromatic rings. The molecule has 0 aliphatic rings. The second-order valence-corrected chi connectivity index (χ2v) is 3.62. The largest absolute Gasteiger partial charge is 0.481 e. The topological polar surface area (TPSA) is 63.3 Å². The smallest absolute Gasteiger partial charge is 0.303 e. The lowest BCUT2D eigenvalue weighted by atomic mass is 10.1. The molecule has 14 heavy (non-hydrogen) atoms. The number of carbonyl (C=O) groups is 1. The molecule has 0 amide bonds. The van der Waals surface area contributed by atoms with E-state index in [9.17, 15) is 4.79 Å². The number of nitrogens with two attached hydrogens (primary N) is 1. The van der Waals surface area contributed by atoms with Crippen molar-refractivity contribution in [1.29, 1.82) is 0 Å². The van der Waals surface area contributed by atoms with Crippen molar-refractivity contribution >= 4 is 24.3 Å². The molecule has 76 valence electrons. The van der Waals surface area contributed by atoms with Crippen LogP contribution in [0.5, 0.6) is 0 Å². The fraction of sp³-hybridized carbons (Fsp3) is 0.300. The molecule has 3 nitrogen and oxygen atoms in total. The molecule has 0 radical (unpaired) electrons. The van der Waals surface area contributed by atoms with E-state index in [0.29, 0.717) is 12.1 Å². The lowest BCUT2D eigenvalue weighted by Gasteiger charge is -2.03. The molecule has 0 aliphatic carbocycles. The van der Waals surface area contributed by atoms with Gasteiger partial charge >= 0.3 is 5.97 Å². The van der Waals surface area contributed by atoms with Crippen molar-refractivity contribution in [2.24, 2.45) is 0 Å². The summed E-state index contributed by atoms with van der Waals surface area (Å²) in [5, 5.41) is 8.46. The third-order valence-electron chi connectivity index (χ3n) is 1.95. The van der Waals surface area contributed by atoms with E-state index in [-0.39, 0.29) is 6.42 Å². The Hall–Kier alpha value is -1.16. The predicted octanol–water partition coefficient (Wildman–Crippen LogP) is 1.96. The lowest BCUT2D eigenvalue weighted by Crippen LogP contribution is -1.96. The van der Waals surface area contributed by atoms with Gasteiger partial charge in [-0.15, -0.1) is 12.6 Å². The first-order valence-corrected chi connectivity index (χ1v) is 4.83. The zero-order valence-corrected chi connectivity index (χ0v) is 8.63. The summed E-state index contributed by atoms with van der Waals surface area (Å²) < 4.78 is 0. The molecule has 0 bridgehead atoms. The Bertz CT molecular complexity index is 339. The number of aryl methyl sites for hydroxylation is 1. The van der Waals surface area contributed by atoms with Crippen LogP contribution >= 0.6 is 12.6 Å². The summed E-state index contributed by atoms with van der Waals surface area (Å²) in [4.78, 5) is 11.0. The van der Waals surface area contributed by atoms with E-state index < -0.39 is 5.97 Å². The fourth-order valence-corrected chi connectivity index (χ4v) is 1.43. The number of hydrogen-bond donors (Lipinski definition) is 3. The Kier molecular flexibility index (Phi) is 3.83. The van der Waals surface area contributed by atoms with Crippen LogP contribution in [0.4, 0.5) is 5.69 Å². The summed E-state index contributed by atoms with van der Waals surface area (Å²) >= 11 is 4.19. The molecule has 0 fully saturated rings. The summed E-state index contributed by atoms with van der Waals surface area (Å²) in [6, 6.07) is 5.57. The molecule has 0 spiro atoms. The highest BCUT2D eigenvalue weighted by Crippen LogP contribution is 2.18. The number of carboxylic acids is 1. The first-order valence-electron chi connectivity index (χ1n) is 4.39. The van der Waals surface area contributed by atoms with Gasteiger partial charge in [-0.05, 0) is 30.5 Å². The average molecular weight is 211 g/mol. The number of hydrogen-bond acceptors (Lipinski definition) is 3. The van der Waals surface area contributed by atoms with Gasteiger partial charge in [0.1, 0.15) is 0 Å². The molecule has 3 N–H and O–H groups in total. The molecule has 0 unspecified atom stereocenters. The zero-order valence-electron chi connectivity index (χ0n) is 7.73. The molecule has 0 saturated heterocycles. The highest BCUT2D eigenvalue weighted by atomic mass is 32.1. The minimum Gasteiger partial charge on any atom is -0.481 e. The van der Waals surface area contributed by atoms with Gasteiger partial charge in [0.25, 0.3) is 0 Å². The summed E-state index contributed by atoms with van der Waals surface area (Å²) in [6.45, 7) is 0. The van der Waals surface area contributed by atoms with Crippen LogP contribution in [0.2, 0.25) is 0 Å². The second-order valence-electron chi connectivity index (χ2n) is 3.14. The normalized spacial score (nSPS) is 10.1. The Balaban J connectivity index is 2.51. The molecule has 0 heterocycles. The number of thiol groups is 1. The molecule has 0 atom stereocenters. The maximum atomic E-state index is 10.3. The number of rotatable bonds is 4. The minimum absolute atomic E-state index is 0.201. The Morgan fingerprint density at radius 2 is 2.21 bits per heavy atom. The van der Waals surface area contributed by atoms with E-state index in [1.165, 1.54) is 0 Å². The van der Waals surface area contributed by atoms with E-state index in [2.05, 4.69) is 12.6 Å². The maximum absolute atomic E-state index is 10.3. The highest BCUT2D eigenvalue weighted by molar-refractivity contribution is 7.80. The van der Waals surface area contributed by atoms with Gasteiger partial charge in [0.05, 0.1) is 0 Å². The molecule has 1 aromatic carbocycles. The van der Waals surface area contributed by atoms with Crippen molar-refractivity contribution in [3.8, 4) is 0 Å². The van der Waals surface area contributed by atoms with Crippen LogP contribution in [-0.4, -0.2) is 11.1 Å². The van der Waals surface area contributed by atoms with E-state index in [4.69, 9.17) is 10.8 Å². The number of anilines is 1. The van der Waals surface area contributed by atoms with Gasteiger partial charge in [0.2, 0.25) is 0 Å². The molecule has 0 aliphatic heterocycles. The van der Waals surface area contributed by atoms with E-state index >= 15 is 0 Å². The van der Waals surface area contributed by atoms with Crippen molar-refractivity contribution in [1.82, 2.24) is 0 Å². The van der Waals surface area contributed by atoms with Crippen LogP contribution in [0.15, 0.2) is 23.1 Å². The SMILES string of the molecule is Nc1ccc(CCCC(=O)O)cc1S. The van der Waals surface area contributed by atoms with Crippen LogP contribution in [0, 0.1) is 0 Å². The fourth-order valence-electron chi connectivity index (χ4n) is 1.19. The summed E-state index contributed by atoms with van der Waals surface area (Å²) in [5.41, 5.74) is 7.32. The van der Waals surface area contributed by atoms with Crippen LogP contribution in [-0.2, 0) is 11.2 Å². The summed E-state index contributed by atoms with van der Waals surface area (Å²) in [7, 11) is 0. The van der Waals surface area contributed by atoms with Gasteiger partial charge < -0.3 is 10.8 Å². The standard InChI is InChI=1S/C10H13NO2S/c11-8-5-4-7(6-9(8)14)2-1-3-10(12)13/h4-6,14H,1-3,11H2,(H,12,13). The second kappa shape index (κ2) is 4.91. The summed E-state index contributed by atoms with van der Waals surface area (Å²) in [6.07, 6.45) is 1.60. The number of benzene rings is 1. The van der Waals surface area contributed by atoms with Crippen LogP contribution < -0.4 is 5.73 Å². The quantitative estimate of drug-likeness (QED) is 0.527. The Morgan fingerprint density at radius 1 is 1.50 bits per heavy atom. The molecule has 4 heteroatoms. The molecule has 0 saturated carbocycles. The Morgan fingerprint density at radius 3 is 2.79 bits per heavy atom. The van der Waals surface area contributed by atoms with Crippen LogP contribution in [0.3, 0.4) is 0 Å². The third-order valence-corrected chi connectivity index (χ3v) is 2.34. The minimum atomic E-state index is -0.758. The first-order chi connectivity index (χ1) is 6.59. The molecule has 0 aromatic heterocycles. The van der Waals surface area contributed by atoms with Crippen molar-refractivity contribution in [2.75, 3.05) is 5.73 Å². The zero-order chi connectivity index (χ0) is 10.6. The number of carboxylic acid groups (broad SMARTS) is 1. The van der Waals surface area contributed by atoms with Crippen molar-refractivity contribution < 1.29 is 9.90 Å². The highest BCUT2D eigenvalue weighted by Gasteiger charge is 2.00. The van der Waals surface area contributed by atoms with E-state index in [1.807, 2.05) is 12.1 Å². The van der Waals surface area contributed by atoms with Gasteiger partial charge in [-0.25, -0.2) is 0 Å². The van der Waals surface area contributed by atoms with Gasteiger partial charge in [0.15, 0.2) is 0 Å². The summed E-state index contributed by atoms with van der Waals surface area (Å²) in [5.74, 6) is -0.758. The monoisotopic (exact) mass is 211 g/mol. The van der Waals surface area contributed by atoms with Gasteiger partial charge in [-0.2, -0.15) is 0 Å². The van der Waals surface area contributed by atoms with E-state index in [0.717, 1.165) is 16.9 Å². The van der Waals surface area contributed by atoms with Crippen LogP contribution in [0.1, 0.15) is 18.4 Å². The molecular weight excluding hydrogens is 198 g/mol. The predicted molar refractivity (Wildman–Crippen MR) is 58.7 cm³/mol. The van der Waals surface area contributed by atoms with Crippen molar-refractivity contribution in [2.45, 2.75) is 24.2 Å². The van der Waals surface area contributed by atoms with Crippen molar-refractivity contribution in [3.05, 3.63) is 23.8 Å². The van der Waals surface area contributed by atoms with Gasteiger partial charge in [0, 0.05) is 17.0 Å². The molecule has 1 rings (SSSR count). The van der Waals surface area contributed by atoms with Crippen molar-refractivity contribution in [3.63, 3.8) is 0 Å². The lowest BCUT2D eigenvalue weighted by molar-refractivity contribution is -0.137. The average Bonchev–Trinajstić information content (AvgIpc) is 2.10. The van der Waals surface area contributed by atoms with Crippen LogP contribution in [0.25, 0.3) is 0 Å². The Labute approximate surface area is 88.3 Å². The first kappa shape index (κ1) is 10.9. The molecular formula is C10H13NO2S. The van der Waals surface area contributed by atoms with Gasteiger partial charge in [-0.1, -0.05) is 6.07 Å². The van der Waals surface area contributed by atoms with Gasteiger partial charge in [-0.3, -0.25) is 4.79 Å². The van der Waals surface area contributed by atoms with E-state index in [1.54, 1.807) is 6.07 Å². The third kappa shape index (κ3) is 3.30. The number of aliphatic carboxylic acids is 1. The number of nitrogen functional groups attached to an aromatic ring is 1. The maximum Gasteiger partial charge on any atom is 0.303 e.